The first kappa shape index (κ1) is 13.3. The highest BCUT2D eigenvalue weighted by Crippen LogP contribution is 2.37. The number of aromatic hydroxyl groups is 1. The lowest BCUT2D eigenvalue weighted by Gasteiger charge is -2.11. The number of rotatable bonds is 3. The summed E-state index contributed by atoms with van der Waals surface area (Å²) in [5.74, 6) is 0.325. The van der Waals surface area contributed by atoms with E-state index in [0.717, 1.165) is 5.56 Å². The molecule has 0 bridgehead atoms. The fraction of sp³-hybridized carbons (Fsp3) is 0.0769. The fourth-order valence-electron chi connectivity index (χ4n) is 1.45. The van der Waals surface area contributed by atoms with E-state index in [0.29, 0.717) is 10.8 Å². The van der Waals surface area contributed by atoms with Gasteiger partial charge in [-0.1, -0.05) is 53.0 Å². The van der Waals surface area contributed by atoms with Crippen LogP contribution in [0.3, 0.4) is 0 Å². The Hall–Kier alpha value is -1.09. The standard InChI is InChI=1S/C13H9Cl3O2/c14-10-4-2-1-3-8(10)7-18-13-11(15)5-9(17)6-12(13)16/h1-6,17H,7H2. The molecule has 0 spiro atoms. The summed E-state index contributed by atoms with van der Waals surface area (Å²) in [6, 6.07) is 10.1. The summed E-state index contributed by atoms with van der Waals surface area (Å²) in [6.45, 7) is 0.254. The van der Waals surface area contributed by atoms with Crippen LogP contribution in [0.25, 0.3) is 0 Å². The van der Waals surface area contributed by atoms with E-state index in [9.17, 15) is 5.11 Å². The van der Waals surface area contributed by atoms with Crippen molar-refractivity contribution in [1.29, 1.82) is 0 Å². The molecule has 0 fully saturated rings. The van der Waals surface area contributed by atoms with Gasteiger partial charge in [-0.2, -0.15) is 0 Å². The summed E-state index contributed by atoms with van der Waals surface area (Å²) in [7, 11) is 0. The van der Waals surface area contributed by atoms with Crippen LogP contribution in [0.2, 0.25) is 15.1 Å². The molecule has 0 atom stereocenters. The molecular formula is C13H9Cl3O2. The van der Waals surface area contributed by atoms with Crippen molar-refractivity contribution in [3.8, 4) is 11.5 Å². The smallest absolute Gasteiger partial charge is 0.157 e. The second kappa shape index (κ2) is 5.70. The molecule has 0 radical (unpaired) electrons. The molecule has 0 aliphatic carbocycles. The molecule has 0 amide bonds. The van der Waals surface area contributed by atoms with Gasteiger partial charge in [0.25, 0.3) is 0 Å². The average molecular weight is 304 g/mol. The van der Waals surface area contributed by atoms with Crippen LogP contribution in [0.4, 0.5) is 0 Å². The van der Waals surface area contributed by atoms with Gasteiger partial charge in [-0.05, 0) is 6.07 Å². The molecule has 2 rings (SSSR count). The zero-order valence-electron chi connectivity index (χ0n) is 9.16. The van der Waals surface area contributed by atoms with Gasteiger partial charge in [0.2, 0.25) is 0 Å². The third-order valence-corrected chi connectivity index (χ3v) is 3.24. The largest absolute Gasteiger partial charge is 0.508 e. The second-order valence-corrected chi connectivity index (χ2v) is 4.84. The maximum Gasteiger partial charge on any atom is 0.157 e. The molecule has 0 unspecified atom stereocenters. The van der Waals surface area contributed by atoms with E-state index in [1.165, 1.54) is 12.1 Å². The zero-order chi connectivity index (χ0) is 13.1. The summed E-state index contributed by atoms with van der Waals surface area (Å²) >= 11 is 17.9. The van der Waals surface area contributed by atoms with Crippen LogP contribution in [-0.2, 0) is 6.61 Å². The Morgan fingerprint density at radius 2 is 1.56 bits per heavy atom. The molecule has 0 saturated heterocycles. The molecule has 2 nitrogen and oxygen atoms in total. The highest BCUT2D eigenvalue weighted by molar-refractivity contribution is 6.37. The van der Waals surface area contributed by atoms with Crippen LogP contribution in [0.15, 0.2) is 36.4 Å². The van der Waals surface area contributed by atoms with Crippen molar-refractivity contribution in [3.05, 3.63) is 57.0 Å². The normalized spacial score (nSPS) is 10.4. The van der Waals surface area contributed by atoms with Crippen molar-refractivity contribution in [2.75, 3.05) is 0 Å². The molecule has 0 aliphatic heterocycles. The van der Waals surface area contributed by atoms with Gasteiger partial charge in [0, 0.05) is 22.7 Å². The first-order valence-electron chi connectivity index (χ1n) is 5.12. The minimum Gasteiger partial charge on any atom is -0.508 e. The molecule has 5 heteroatoms. The van der Waals surface area contributed by atoms with E-state index in [1.807, 2.05) is 18.2 Å². The summed E-state index contributed by atoms with van der Waals surface area (Å²) in [5, 5.41) is 10.4. The summed E-state index contributed by atoms with van der Waals surface area (Å²) < 4.78 is 5.53. The third kappa shape index (κ3) is 3.02. The van der Waals surface area contributed by atoms with Crippen LogP contribution in [-0.4, -0.2) is 5.11 Å². The van der Waals surface area contributed by atoms with Crippen molar-refractivity contribution in [3.63, 3.8) is 0 Å². The number of phenols is 1. The zero-order valence-corrected chi connectivity index (χ0v) is 11.4. The first-order valence-corrected chi connectivity index (χ1v) is 6.25. The van der Waals surface area contributed by atoms with Crippen LogP contribution >= 0.6 is 34.8 Å². The molecule has 18 heavy (non-hydrogen) atoms. The van der Waals surface area contributed by atoms with Crippen LogP contribution in [0, 0.1) is 0 Å². The van der Waals surface area contributed by atoms with E-state index < -0.39 is 0 Å². The topological polar surface area (TPSA) is 29.5 Å². The minimum absolute atomic E-state index is 0.00454. The Labute approximate surface area is 120 Å². The van der Waals surface area contributed by atoms with Crippen molar-refractivity contribution < 1.29 is 9.84 Å². The molecule has 94 valence electrons. The monoisotopic (exact) mass is 302 g/mol. The predicted molar refractivity (Wildman–Crippen MR) is 73.9 cm³/mol. The van der Waals surface area contributed by atoms with E-state index >= 15 is 0 Å². The Kier molecular flexibility index (Phi) is 4.23. The van der Waals surface area contributed by atoms with Gasteiger partial charge >= 0.3 is 0 Å². The molecule has 2 aromatic rings. The number of hydrogen-bond acceptors (Lipinski definition) is 2. The number of halogens is 3. The summed E-state index contributed by atoms with van der Waals surface area (Å²) in [4.78, 5) is 0. The minimum atomic E-state index is -0.00454. The highest BCUT2D eigenvalue weighted by Gasteiger charge is 2.10. The van der Waals surface area contributed by atoms with Crippen molar-refractivity contribution in [2.45, 2.75) is 6.61 Å². The number of phenolic OH excluding ortho intramolecular Hbond substituents is 1. The van der Waals surface area contributed by atoms with Gasteiger partial charge in [-0.15, -0.1) is 0 Å². The summed E-state index contributed by atoms with van der Waals surface area (Å²) in [5.41, 5.74) is 0.833. The SMILES string of the molecule is Oc1cc(Cl)c(OCc2ccccc2Cl)c(Cl)c1. The molecule has 0 heterocycles. The number of benzene rings is 2. The number of hydrogen-bond donors (Lipinski definition) is 1. The quantitative estimate of drug-likeness (QED) is 0.871. The lowest BCUT2D eigenvalue weighted by molar-refractivity contribution is 0.306. The van der Waals surface area contributed by atoms with E-state index in [-0.39, 0.29) is 22.4 Å². The van der Waals surface area contributed by atoms with Gasteiger partial charge in [-0.25, -0.2) is 0 Å². The van der Waals surface area contributed by atoms with E-state index in [1.54, 1.807) is 6.07 Å². The first-order chi connectivity index (χ1) is 8.58. The third-order valence-electron chi connectivity index (χ3n) is 2.31. The van der Waals surface area contributed by atoms with Crippen molar-refractivity contribution in [2.24, 2.45) is 0 Å². The Balaban J connectivity index is 2.19. The van der Waals surface area contributed by atoms with E-state index in [2.05, 4.69) is 0 Å². The molecule has 0 aromatic heterocycles. The average Bonchev–Trinajstić information content (AvgIpc) is 2.30. The summed E-state index contributed by atoms with van der Waals surface area (Å²) in [6.07, 6.45) is 0. The molecule has 0 aliphatic rings. The van der Waals surface area contributed by atoms with Gasteiger partial charge < -0.3 is 9.84 Å². The second-order valence-electron chi connectivity index (χ2n) is 3.62. The predicted octanol–water partition coefficient (Wildman–Crippen LogP) is 4.93. The van der Waals surface area contributed by atoms with Crippen LogP contribution < -0.4 is 4.74 Å². The Bertz CT molecular complexity index is 547. The van der Waals surface area contributed by atoms with Gasteiger partial charge in [0.05, 0.1) is 10.0 Å². The van der Waals surface area contributed by atoms with Gasteiger partial charge in [-0.3, -0.25) is 0 Å². The molecule has 2 aromatic carbocycles. The maximum absolute atomic E-state index is 9.30. The Morgan fingerprint density at radius 3 is 2.17 bits per heavy atom. The number of ether oxygens (including phenoxy) is 1. The highest BCUT2D eigenvalue weighted by atomic mass is 35.5. The van der Waals surface area contributed by atoms with Crippen molar-refractivity contribution in [1.82, 2.24) is 0 Å². The van der Waals surface area contributed by atoms with Gasteiger partial charge in [0.1, 0.15) is 12.4 Å². The van der Waals surface area contributed by atoms with Crippen molar-refractivity contribution >= 4 is 34.8 Å². The maximum atomic E-state index is 9.30. The molecule has 0 saturated carbocycles. The lowest BCUT2D eigenvalue weighted by atomic mass is 10.2. The Morgan fingerprint density at radius 1 is 0.944 bits per heavy atom. The molecule has 1 N–H and O–H groups in total. The van der Waals surface area contributed by atoms with Crippen LogP contribution in [0.1, 0.15) is 5.56 Å². The van der Waals surface area contributed by atoms with Crippen LogP contribution in [0.5, 0.6) is 11.5 Å². The molecular weight excluding hydrogens is 294 g/mol. The fourth-order valence-corrected chi connectivity index (χ4v) is 2.22. The van der Waals surface area contributed by atoms with E-state index in [4.69, 9.17) is 39.5 Å². The lowest BCUT2D eigenvalue weighted by Crippen LogP contribution is -1.97. The van der Waals surface area contributed by atoms with Gasteiger partial charge in [0.15, 0.2) is 5.75 Å².